The van der Waals surface area contributed by atoms with Gasteiger partial charge in [0.25, 0.3) is 5.56 Å². The lowest BCUT2D eigenvalue weighted by Crippen LogP contribution is -2.28. The molecule has 0 bridgehead atoms. The van der Waals surface area contributed by atoms with Crippen LogP contribution in [0.15, 0.2) is 9.59 Å². The Hall–Kier alpha value is -1.85. The molecule has 2 N–H and O–H groups in total. The molecule has 0 saturated heterocycles. The summed E-state index contributed by atoms with van der Waals surface area (Å²) in [6.45, 7) is 0. The van der Waals surface area contributed by atoms with Gasteiger partial charge in [-0.15, -0.1) is 0 Å². The molecular formula is C13H18N4O2. The molecule has 0 unspecified atom stereocenters. The number of aromatic amines is 2. The van der Waals surface area contributed by atoms with Crippen molar-refractivity contribution < 1.29 is 0 Å². The van der Waals surface area contributed by atoms with Crippen LogP contribution in [0.25, 0.3) is 11.2 Å². The zero-order chi connectivity index (χ0) is 13.4. The summed E-state index contributed by atoms with van der Waals surface area (Å²) in [6, 6.07) is 0. The number of aromatic nitrogens is 4. The highest BCUT2D eigenvalue weighted by Crippen LogP contribution is 2.30. The van der Waals surface area contributed by atoms with Crippen LogP contribution in [-0.2, 0) is 7.05 Å². The summed E-state index contributed by atoms with van der Waals surface area (Å²) in [5.41, 5.74) is 0.0521. The third-order valence-electron chi connectivity index (χ3n) is 4.01. The molecule has 102 valence electrons. The highest BCUT2D eigenvalue weighted by Gasteiger charge is 2.19. The molecule has 1 fully saturated rings. The van der Waals surface area contributed by atoms with Gasteiger partial charge in [0.05, 0.1) is 0 Å². The maximum Gasteiger partial charge on any atom is 0.329 e. The molecule has 0 atom stereocenters. The van der Waals surface area contributed by atoms with Gasteiger partial charge in [0, 0.05) is 13.0 Å². The van der Waals surface area contributed by atoms with Crippen molar-refractivity contribution in [2.24, 2.45) is 7.05 Å². The van der Waals surface area contributed by atoms with E-state index in [-0.39, 0.29) is 5.56 Å². The SMILES string of the molecule is Cn1c(=O)[nH]c(=O)c2[nH]c(C3CCCCCC3)nc21. The van der Waals surface area contributed by atoms with Gasteiger partial charge in [-0.25, -0.2) is 9.78 Å². The summed E-state index contributed by atoms with van der Waals surface area (Å²) < 4.78 is 1.38. The molecule has 19 heavy (non-hydrogen) atoms. The van der Waals surface area contributed by atoms with E-state index < -0.39 is 5.69 Å². The summed E-state index contributed by atoms with van der Waals surface area (Å²) in [5, 5.41) is 0. The molecule has 0 radical (unpaired) electrons. The number of rotatable bonds is 1. The van der Waals surface area contributed by atoms with Crippen molar-refractivity contribution in [1.82, 2.24) is 19.5 Å². The van der Waals surface area contributed by atoms with Crippen LogP contribution in [0.3, 0.4) is 0 Å². The normalized spacial score (nSPS) is 17.7. The Bertz CT molecular complexity index is 701. The monoisotopic (exact) mass is 262 g/mol. The first-order valence-corrected chi connectivity index (χ1v) is 6.86. The van der Waals surface area contributed by atoms with E-state index in [1.54, 1.807) is 7.05 Å². The first kappa shape index (κ1) is 12.2. The van der Waals surface area contributed by atoms with Crippen molar-refractivity contribution in [3.8, 4) is 0 Å². The maximum atomic E-state index is 11.8. The van der Waals surface area contributed by atoms with Crippen LogP contribution in [0.2, 0.25) is 0 Å². The second-order valence-corrected chi connectivity index (χ2v) is 5.33. The lowest BCUT2D eigenvalue weighted by Gasteiger charge is -2.09. The molecular weight excluding hydrogens is 244 g/mol. The molecule has 6 heteroatoms. The van der Waals surface area contributed by atoms with E-state index in [9.17, 15) is 9.59 Å². The van der Waals surface area contributed by atoms with Crippen LogP contribution in [0, 0.1) is 0 Å². The minimum Gasteiger partial charge on any atom is -0.336 e. The van der Waals surface area contributed by atoms with Crippen LogP contribution in [0.5, 0.6) is 0 Å². The van der Waals surface area contributed by atoms with E-state index in [0.29, 0.717) is 17.1 Å². The van der Waals surface area contributed by atoms with Crippen molar-refractivity contribution in [3.05, 3.63) is 26.7 Å². The fourth-order valence-electron chi connectivity index (χ4n) is 2.87. The Morgan fingerprint density at radius 1 is 1.11 bits per heavy atom. The minimum absolute atomic E-state index is 0.379. The first-order valence-electron chi connectivity index (χ1n) is 6.86. The number of H-pyrrole nitrogens is 2. The van der Waals surface area contributed by atoms with Crippen LogP contribution >= 0.6 is 0 Å². The molecule has 2 aromatic rings. The van der Waals surface area contributed by atoms with Crippen LogP contribution in [0.4, 0.5) is 0 Å². The summed E-state index contributed by atoms with van der Waals surface area (Å²) in [4.78, 5) is 33.2. The predicted molar refractivity (Wildman–Crippen MR) is 72.4 cm³/mol. The molecule has 2 aromatic heterocycles. The minimum atomic E-state index is -0.420. The highest BCUT2D eigenvalue weighted by molar-refractivity contribution is 5.69. The van der Waals surface area contributed by atoms with E-state index in [1.807, 2.05) is 0 Å². The molecule has 0 aliphatic heterocycles. The fraction of sp³-hybridized carbons (Fsp3) is 0.615. The Balaban J connectivity index is 2.11. The van der Waals surface area contributed by atoms with Gasteiger partial charge in [0.2, 0.25) is 0 Å². The fourth-order valence-corrected chi connectivity index (χ4v) is 2.87. The first-order chi connectivity index (χ1) is 9.16. The standard InChI is InChI=1S/C13H18N4O2/c1-17-11-9(12(18)16-13(17)19)14-10(15-11)8-6-4-2-3-5-7-8/h8H,2-7H2,1H3,(H,14,15)(H,16,18,19). The summed E-state index contributed by atoms with van der Waals surface area (Å²) in [6.07, 6.45) is 7.16. The van der Waals surface area contributed by atoms with E-state index in [2.05, 4.69) is 15.0 Å². The Morgan fingerprint density at radius 3 is 2.47 bits per heavy atom. The average Bonchev–Trinajstić information content (AvgIpc) is 2.66. The lowest BCUT2D eigenvalue weighted by molar-refractivity contribution is 0.567. The van der Waals surface area contributed by atoms with E-state index in [1.165, 1.54) is 30.3 Å². The predicted octanol–water partition coefficient (Wildman–Crippen LogP) is 1.39. The largest absolute Gasteiger partial charge is 0.336 e. The number of nitrogens with one attached hydrogen (secondary N) is 2. The van der Waals surface area contributed by atoms with Crippen molar-refractivity contribution in [2.75, 3.05) is 0 Å². The molecule has 0 amide bonds. The zero-order valence-corrected chi connectivity index (χ0v) is 11.0. The van der Waals surface area contributed by atoms with Crippen molar-refractivity contribution in [2.45, 2.75) is 44.4 Å². The summed E-state index contributed by atoms with van der Waals surface area (Å²) in [7, 11) is 1.62. The third-order valence-corrected chi connectivity index (χ3v) is 4.01. The average molecular weight is 262 g/mol. The topological polar surface area (TPSA) is 83.5 Å². The Morgan fingerprint density at radius 2 is 1.79 bits per heavy atom. The second kappa shape index (κ2) is 4.68. The summed E-state index contributed by atoms with van der Waals surface area (Å²) in [5.74, 6) is 1.23. The second-order valence-electron chi connectivity index (χ2n) is 5.33. The third kappa shape index (κ3) is 2.11. The van der Waals surface area contributed by atoms with Crippen molar-refractivity contribution in [1.29, 1.82) is 0 Å². The number of nitrogens with zero attached hydrogens (tertiary/aromatic N) is 2. The number of hydrogen-bond acceptors (Lipinski definition) is 3. The van der Waals surface area contributed by atoms with Gasteiger partial charge in [-0.1, -0.05) is 25.7 Å². The zero-order valence-electron chi connectivity index (χ0n) is 11.0. The molecule has 2 heterocycles. The number of hydrogen-bond donors (Lipinski definition) is 2. The van der Waals surface area contributed by atoms with Gasteiger partial charge in [-0.2, -0.15) is 0 Å². The molecule has 1 aliphatic carbocycles. The maximum absolute atomic E-state index is 11.8. The molecule has 1 saturated carbocycles. The van der Waals surface area contributed by atoms with Crippen molar-refractivity contribution in [3.63, 3.8) is 0 Å². The van der Waals surface area contributed by atoms with Gasteiger partial charge in [0.15, 0.2) is 5.65 Å². The molecule has 1 aliphatic rings. The molecule has 0 spiro atoms. The smallest absolute Gasteiger partial charge is 0.329 e. The molecule has 3 rings (SSSR count). The highest BCUT2D eigenvalue weighted by atomic mass is 16.2. The van der Waals surface area contributed by atoms with Gasteiger partial charge >= 0.3 is 5.69 Å². The number of aryl methyl sites for hydroxylation is 1. The number of imidazole rings is 1. The van der Waals surface area contributed by atoms with E-state index in [4.69, 9.17) is 0 Å². The van der Waals surface area contributed by atoms with Crippen LogP contribution in [0.1, 0.15) is 50.3 Å². The van der Waals surface area contributed by atoms with Crippen LogP contribution in [-0.4, -0.2) is 19.5 Å². The van der Waals surface area contributed by atoms with Gasteiger partial charge in [-0.3, -0.25) is 14.3 Å². The Kier molecular flexibility index (Phi) is 3.00. The van der Waals surface area contributed by atoms with Gasteiger partial charge < -0.3 is 4.98 Å². The van der Waals surface area contributed by atoms with Crippen LogP contribution < -0.4 is 11.2 Å². The quantitative estimate of drug-likeness (QED) is 0.762. The lowest BCUT2D eigenvalue weighted by atomic mass is 10.00. The van der Waals surface area contributed by atoms with E-state index in [0.717, 1.165) is 18.7 Å². The van der Waals surface area contributed by atoms with Gasteiger partial charge in [-0.05, 0) is 12.8 Å². The molecule has 0 aromatic carbocycles. The Labute approximate surface area is 109 Å². The van der Waals surface area contributed by atoms with E-state index >= 15 is 0 Å². The van der Waals surface area contributed by atoms with Crippen molar-refractivity contribution >= 4 is 11.2 Å². The van der Waals surface area contributed by atoms with Gasteiger partial charge in [0.1, 0.15) is 11.3 Å². The summed E-state index contributed by atoms with van der Waals surface area (Å²) >= 11 is 0. The number of fused-ring (bicyclic) bond motifs is 1. The molecule has 6 nitrogen and oxygen atoms in total.